The van der Waals surface area contributed by atoms with Crippen molar-refractivity contribution in [3.8, 4) is 34.5 Å². The molecule has 2 aromatic heterocycles. The van der Waals surface area contributed by atoms with Crippen LogP contribution in [-0.4, -0.2) is 46.3 Å². The first kappa shape index (κ1) is 21.4. The fourth-order valence-electron chi connectivity index (χ4n) is 3.83. The molecule has 0 radical (unpaired) electrons. The van der Waals surface area contributed by atoms with Gasteiger partial charge in [-0.25, -0.2) is 9.78 Å². The molecule has 1 aromatic carbocycles. The predicted molar refractivity (Wildman–Crippen MR) is 119 cm³/mol. The van der Waals surface area contributed by atoms with Crippen molar-refractivity contribution in [2.24, 2.45) is 16.1 Å². The maximum atomic E-state index is 12.7. The summed E-state index contributed by atoms with van der Waals surface area (Å²) >= 11 is 0. The van der Waals surface area contributed by atoms with Crippen LogP contribution in [0.4, 0.5) is 0 Å². The van der Waals surface area contributed by atoms with Gasteiger partial charge in [0.15, 0.2) is 18.5 Å². The summed E-state index contributed by atoms with van der Waals surface area (Å²) in [5.74, 6) is 2.02. The lowest BCUT2D eigenvalue weighted by Crippen LogP contribution is -2.35. The van der Waals surface area contributed by atoms with Gasteiger partial charge in [0.2, 0.25) is 5.88 Å². The summed E-state index contributed by atoms with van der Waals surface area (Å²) in [4.78, 5) is 20.8. The number of nitrogens with zero attached hydrogens (tertiary/aromatic N) is 5. The minimum absolute atomic E-state index is 0.0604. The quantitative estimate of drug-likeness (QED) is 0.213. The molecule has 174 valence electrons. The van der Waals surface area contributed by atoms with Crippen molar-refractivity contribution >= 4 is 5.84 Å². The third-order valence-corrected chi connectivity index (χ3v) is 5.37. The van der Waals surface area contributed by atoms with Gasteiger partial charge in [0.25, 0.3) is 11.7 Å². The van der Waals surface area contributed by atoms with E-state index in [1.54, 1.807) is 35.0 Å². The standard InChI is InChI=1S/C22H21N7O5/c23-19(27-28-24)12-31-14-3-4-16-13(8-14)5-7-29-17(16)9-20(26-22(29)30)32-10-15-11-33-21-18(34-15)2-1-6-25-21/h1-4,6,8-9,15H,5,7,10-12H2,(H3,23,24,27)/p+1. The number of benzene rings is 1. The summed E-state index contributed by atoms with van der Waals surface area (Å²) in [6, 6.07) is 10.9. The lowest BCUT2D eigenvalue weighted by Gasteiger charge is -2.25. The second kappa shape index (κ2) is 9.17. The van der Waals surface area contributed by atoms with Crippen molar-refractivity contribution in [3.63, 3.8) is 0 Å². The van der Waals surface area contributed by atoms with E-state index in [0.29, 0.717) is 30.3 Å². The van der Waals surface area contributed by atoms with E-state index in [0.717, 1.165) is 16.8 Å². The molecular formula is C22H22N7O5+. The number of fused-ring (bicyclic) bond motifs is 4. The molecule has 0 fully saturated rings. The number of aryl methyl sites for hydroxylation is 1. The van der Waals surface area contributed by atoms with E-state index < -0.39 is 0 Å². The molecule has 0 spiro atoms. The predicted octanol–water partition coefficient (Wildman–Crippen LogP) is -0.0575. The molecule has 3 aromatic rings. The van der Waals surface area contributed by atoms with E-state index in [1.165, 1.54) is 0 Å². The molecule has 1 atom stereocenters. The number of aromatic nitrogens is 3. The van der Waals surface area contributed by atoms with Gasteiger partial charge in [-0.3, -0.25) is 4.57 Å². The smallest absolute Gasteiger partial charge is 0.351 e. The van der Waals surface area contributed by atoms with Crippen LogP contribution in [0.25, 0.3) is 11.3 Å². The van der Waals surface area contributed by atoms with Crippen molar-refractivity contribution in [2.45, 2.75) is 19.1 Å². The number of nitrogens with two attached hydrogens (primary N) is 2. The zero-order valence-corrected chi connectivity index (χ0v) is 18.1. The van der Waals surface area contributed by atoms with Gasteiger partial charge in [-0.1, -0.05) is 0 Å². The topological polar surface area (TPSA) is 161 Å². The monoisotopic (exact) mass is 464 g/mol. The highest BCUT2D eigenvalue weighted by Crippen LogP contribution is 2.33. The number of ether oxygens (including phenoxy) is 4. The molecule has 0 bridgehead atoms. The Morgan fingerprint density at radius 1 is 1.29 bits per heavy atom. The van der Waals surface area contributed by atoms with Gasteiger partial charge >= 0.3 is 5.69 Å². The molecule has 4 heterocycles. The first-order valence-electron chi connectivity index (χ1n) is 10.6. The molecule has 12 nitrogen and oxygen atoms in total. The molecule has 4 N–H and O–H groups in total. The van der Waals surface area contributed by atoms with E-state index in [1.807, 2.05) is 12.1 Å². The Balaban J connectivity index is 1.32. The SMILES string of the molecule is N/C(COc1ccc2c(c1)CCn1c-2cc(OCC2COc3ncccc3O2)nc1=O)=N\N=[NH2+]. The molecule has 1 unspecified atom stereocenters. The van der Waals surface area contributed by atoms with Crippen LogP contribution in [0.3, 0.4) is 0 Å². The van der Waals surface area contributed by atoms with E-state index in [4.69, 9.17) is 30.2 Å². The maximum absolute atomic E-state index is 12.7. The highest BCUT2D eigenvalue weighted by molar-refractivity contribution is 5.81. The highest BCUT2D eigenvalue weighted by atomic mass is 16.6. The summed E-state index contributed by atoms with van der Waals surface area (Å²) in [7, 11) is 0. The van der Waals surface area contributed by atoms with Crippen LogP contribution in [0.2, 0.25) is 0 Å². The third kappa shape index (κ3) is 4.37. The van der Waals surface area contributed by atoms with E-state index in [9.17, 15) is 4.79 Å². The van der Waals surface area contributed by atoms with Crippen LogP contribution in [0, 0.1) is 0 Å². The van der Waals surface area contributed by atoms with Crippen molar-refractivity contribution in [2.75, 3.05) is 19.8 Å². The Morgan fingerprint density at radius 3 is 3.09 bits per heavy atom. The molecule has 34 heavy (non-hydrogen) atoms. The summed E-state index contributed by atoms with van der Waals surface area (Å²) in [6.07, 6.45) is 1.94. The first-order valence-corrected chi connectivity index (χ1v) is 10.6. The molecule has 12 heteroatoms. The van der Waals surface area contributed by atoms with Crippen LogP contribution < -0.4 is 35.9 Å². The summed E-state index contributed by atoms with van der Waals surface area (Å²) in [6.45, 7) is 1.01. The fraction of sp³-hybridized carbons (Fsp3) is 0.273. The Hall–Kier alpha value is -4.48. The maximum Gasteiger partial charge on any atom is 0.351 e. The Kier molecular flexibility index (Phi) is 5.77. The summed E-state index contributed by atoms with van der Waals surface area (Å²) in [5, 5.41) is 6.66. The normalized spacial score (nSPS) is 16.2. The van der Waals surface area contributed by atoms with Crippen LogP contribution in [0.15, 0.2) is 57.7 Å². The number of pyridine rings is 1. The Morgan fingerprint density at radius 2 is 2.21 bits per heavy atom. The fourth-order valence-corrected chi connectivity index (χ4v) is 3.83. The third-order valence-electron chi connectivity index (χ3n) is 5.37. The zero-order valence-electron chi connectivity index (χ0n) is 18.1. The largest absolute Gasteiger partial charge is 0.483 e. The van der Waals surface area contributed by atoms with E-state index in [-0.39, 0.29) is 43.3 Å². The molecule has 0 saturated carbocycles. The van der Waals surface area contributed by atoms with Crippen LogP contribution in [-0.2, 0) is 13.0 Å². The van der Waals surface area contributed by atoms with Gasteiger partial charge in [-0.2, -0.15) is 10.5 Å². The first-order chi connectivity index (χ1) is 16.6. The minimum Gasteiger partial charge on any atom is -0.483 e. The second-order valence-electron chi connectivity index (χ2n) is 7.65. The molecular weight excluding hydrogens is 442 g/mol. The van der Waals surface area contributed by atoms with Gasteiger partial charge in [-0.05, 0) is 42.3 Å². The van der Waals surface area contributed by atoms with Crippen molar-refractivity contribution in [1.29, 1.82) is 0 Å². The minimum atomic E-state index is -0.372. The Labute approximate surface area is 193 Å². The molecule has 2 aliphatic heterocycles. The van der Waals surface area contributed by atoms with E-state index in [2.05, 4.69) is 20.3 Å². The number of rotatable bonds is 7. The zero-order chi connectivity index (χ0) is 23.5. The van der Waals surface area contributed by atoms with Gasteiger partial charge in [-0.15, -0.1) is 0 Å². The lowest BCUT2D eigenvalue weighted by molar-refractivity contribution is -0.222. The molecule has 5 rings (SSSR count). The van der Waals surface area contributed by atoms with Crippen LogP contribution >= 0.6 is 0 Å². The number of hydrogen-bond acceptors (Lipinski definition) is 8. The second-order valence-corrected chi connectivity index (χ2v) is 7.65. The van der Waals surface area contributed by atoms with Crippen LogP contribution in [0.5, 0.6) is 23.3 Å². The molecule has 0 amide bonds. The van der Waals surface area contributed by atoms with Crippen molar-refractivity contribution in [3.05, 3.63) is 58.6 Å². The highest BCUT2D eigenvalue weighted by Gasteiger charge is 2.24. The summed E-state index contributed by atoms with van der Waals surface area (Å²) in [5.41, 5.74) is 12.9. The average molecular weight is 464 g/mol. The van der Waals surface area contributed by atoms with Crippen molar-refractivity contribution < 1.29 is 24.5 Å². The lowest BCUT2D eigenvalue weighted by atomic mass is 9.97. The Bertz CT molecular complexity index is 1320. The average Bonchev–Trinajstić information content (AvgIpc) is 2.86. The van der Waals surface area contributed by atoms with Gasteiger partial charge in [0.1, 0.15) is 24.2 Å². The van der Waals surface area contributed by atoms with Gasteiger partial charge in [0, 0.05) is 24.4 Å². The number of hydrogen-bond donors (Lipinski definition) is 2. The van der Waals surface area contributed by atoms with Gasteiger partial charge in [0.05, 0.1) is 10.8 Å². The van der Waals surface area contributed by atoms with E-state index >= 15 is 0 Å². The number of amidine groups is 1. The van der Waals surface area contributed by atoms with Gasteiger partial charge < -0.3 is 24.7 Å². The molecule has 2 aliphatic rings. The molecule has 0 aliphatic carbocycles. The van der Waals surface area contributed by atoms with Crippen molar-refractivity contribution in [1.82, 2.24) is 14.5 Å². The summed E-state index contributed by atoms with van der Waals surface area (Å²) < 4.78 is 24.5. The van der Waals surface area contributed by atoms with Crippen LogP contribution in [0.1, 0.15) is 5.56 Å². The molecule has 0 saturated heterocycles.